The summed E-state index contributed by atoms with van der Waals surface area (Å²) in [5, 5.41) is 5.67. The topological polar surface area (TPSA) is 65.3 Å². The van der Waals surface area contributed by atoms with E-state index in [2.05, 4.69) is 26.9 Å². The number of nitrogens with zero attached hydrogens (tertiary/aromatic N) is 5. The number of rotatable bonds is 2. The van der Waals surface area contributed by atoms with E-state index >= 15 is 0 Å². The van der Waals surface area contributed by atoms with Gasteiger partial charge in [-0.3, -0.25) is 0 Å². The molecule has 0 amide bonds. The maximum Gasteiger partial charge on any atom is 0.226 e. The molecule has 4 heterocycles. The number of ether oxygens (including phenoxy) is 2. The predicted octanol–water partition coefficient (Wildman–Crippen LogP) is 2.40. The fourth-order valence-electron chi connectivity index (χ4n) is 3.27. The number of halogens is 1. The van der Waals surface area contributed by atoms with Crippen molar-refractivity contribution in [1.29, 1.82) is 0 Å². The number of anilines is 1. The van der Waals surface area contributed by atoms with Gasteiger partial charge in [-0.05, 0) is 37.8 Å². The van der Waals surface area contributed by atoms with Crippen molar-refractivity contribution in [1.82, 2.24) is 19.7 Å². The molecule has 0 saturated carbocycles. The molecule has 124 valence electrons. The summed E-state index contributed by atoms with van der Waals surface area (Å²) < 4.78 is 13.2. The van der Waals surface area contributed by atoms with Gasteiger partial charge in [0.05, 0.1) is 30.8 Å². The Labute approximate surface area is 139 Å². The number of hydrogen-bond donors (Lipinski definition) is 0. The molecule has 2 aliphatic heterocycles. The van der Waals surface area contributed by atoms with Crippen molar-refractivity contribution < 1.29 is 9.47 Å². The zero-order valence-electron chi connectivity index (χ0n) is 13.1. The largest absolute Gasteiger partial charge is 0.377 e. The number of fused-ring (bicyclic) bond motifs is 1. The first kappa shape index (κ1) is 15.1. The normalized spacial score (nSPS) is 25.9. The lowest BCUT2D eigenvalue weighted by molar-refractivity contribution is -0.0370. The molecule has 0 aliphatic carbocycles. The van der Waals surface area contributed by atoms with E-state index in [1.807, 2.05) is 10.9 Å². The Morgan fingerprint density at radius 1 is 1.26 bits per heavy atom. The molecule has 0 aromatic carbocycles. The quantitative estimate of drug-likeness (QED) is 0.784. The van der Waals surface area contributed by atoms with Gasteiger partial charge in [0.2, 0.25) is 5.28 Å². The highest BCUT2D eigenvalue weighted by Crippen LogP contribution is 2.31. The first-order chi connectivity index (χ1) is 11.2. The van der Waals surface area contributed by atoms with Gasteiger partial charge in [-0.25, -0.2) is 4.68 Å². The second kappa shape index (κ2) is 6.22. The maximum atomic E-state index is 6.20. The first-order valence-electron chi connectivity index (χ1n) is 8.11. The zero-order chi connectivity index (χ0) is 15.8. The highest BCUT2D eigenvalue weighted by molar-refractivity contribution is 6.28. The Hall–Kier alpha value is -1.44. The van der Waals surface area contributed by atoms with Crippen LogP contribution in [0.4, 0.5) is 5.82 Å². The molecular weight excluding hydrogens is 318 g/mol. The Kier molecular flexibility index (Phi) is 4.09. The third-order valence-electron chi connectivity index (χ3n) is 4.47. The van der Waals surface area contributed by atoms with E-state index in [0.29, 0.717) is 13.2 Å². The first-order valence-corrected chi connectivity index (χ1v) is 8.48. The van der Waals surface area contributed by atoms with Gasteiger partial charge >= 0.3 is 0 Å². The van der Waals surface area contributed by atoms with Crippen LogP contribution in [0, 0.1) is 0 Å². The van der Waals surface area contributed by atoms with E-state index < -0.39 is 0 Å². The van der Waals surface area contributed by atoms with Crippen LogP contribution in [0.2, 0.25) is 5.28 Å². The van der Waals surface area contributed by atoms with Crippen molar-refractivity contribution in [3.05, 3.63) is 11.5 Å². The average Bonchev–Trinajstić information content (AvgIpc) is 2.99. The highest BCUT2D eigenvalue weighted by Gasteiger charge is 2.26. The summed E-state index contributed by atoms with van der Waals surface area (Å²) in [7, 11) is 0. The van der Waals surface area contributed by atoms with Crippen LogP contribution < -0.4 is 4.90 Å². The van der Waals surface area contributed by atoms with Gasteiger partial charge in [-0.2, -0.15) is 15.1 Å². The summed E-state index contributed by atoms with van der Waals surface area (Å²) in [4.78, 5) is 11.1. The number of aromatic nitrogens is 4. The molecule has 7 nitrogen and oxygen atoms in total. The molecule has 2 aromatic rings. The van der Waals surface area contributed by atoms with Gasteiger partial charge < -0.3 is 14.4 Å². The monoisotopic (exact) mass is 337 g/mol. The summed E-state index contributed by atoms with van der Waals surface area (Å²) in [6.45, 7) is 5.04. The SMILES string of the molecule is C[C@@H]1COCCN1c1nc(Cl)nc2c1cnn2C1CCCCO1. The maximum absolute atomic E-state index is 6.20. The fraction of sp³-hybridized carbons (Fsp3) is 0.667. The smallest absolute Gasteiger partial charge is 0.226 e. The lowest BCUT2D eigenvalue weighted by atomic mass is 10.2. The van der Waals surface area contributed by atoms with Crippen LogP contribution in [-0.2, 0) is 9.47 Å². The van der Waals surface area contributed by atoms with Gasteiger partial charge in [-0.1, -0.05) is 0 Å². The van der Waals surface area contributed by atoms with Gasteiger partial charge in [0, 0.05) is 13.2 Å². The molecule has 0 bridgehead atoms. The second-order valence-electron chi connectivity index (χ2n) is 6.08. The van der Waals surface area contributed by atoms with Gasteiger partial charge in [0.1, 0.15) is 5.82 Å². The third kappa shape index (κ3) is 2.77. The van der Waals surface area contributed by atoms with Crippen LogP contribution in [0.5, 0.6) is 0 Å². The van der Waals surface area contributed by atoms with Crippen molar-refractivity contribution in [2.45, 2.75) is 38.5 Å². The minimum Gasteiger partial charge on any atom is -0.377 e. The van der Waals surface area contributed by atoms with Crippen LogP contribution in [0.1, 0.15) is 32.4 Å². The van der Waals surface area contributed by atoms with Crippen molar-refractivity contribution in [3.63, 3.8) is 0 Å². The van der Waals surface area contributed by atoms with Crippen LogP contribution in [0.3, 0.4) is 0 Å². The van der Waals surface area contributed by atoms with E-state index in [1.165, 1.54) is 0 Å². The van der Waals surface area contributed by atoms with Gasteiger partial charge in [-0.15, -0.1) is 0 Å². The molecule has 2 atom stereocenters. The van der Waals surface area contributed by atoms with E-state index in [1.54, 1.807) is 0 Å². The van der Waals surface area contributed by atoms with Crippen LogP contribution in [0.15, 0.2) is 6.20 Å². The molecule has 2 saturated heterocycles. The molecule has 1 unspecified atom stereocenters. The molecular formula is C15H20ClN5O2. The van der Waals surface area contributed by atoms with Gasteiger partial charge in [0.25, 0.3) is 0 Å². The van der Waals surface area contributed by atoms with Crippen molar-refractivity contribution in [2.75, 3.05) is 31.3 Å². The molecule has 2 aliphatic rings. The fourth-order valence-corrected chi connectivity index (χ4v) is 3.43. The van der Waals surface area contributed by atoms with E-state index in [4.69, 9.17) is 21.1 Å². The van der Waals surface area contributed by atoms with E-state index in [0.717, 1.165) is 49.3 Å². The second-order valence-corrected chi connectivity index (χ2v) is 6.42. The molecule has 23 heavy (non-hydrogen) atoms. The minimum atomic E-state index is -0.0674. The summed E-state index contributed by atoms with van der Waals surface area (Å²) in [5.41, 5.74) is 0.741. The van der Waals surface area contributed by atoms with Crippen LogP contribution in [0.25, 0.3) is 11.0 Å². The Morgan fingerprint density at radius 3 is 2.96 bits per heavy atom. The van der Waals surface area contributed by atoms with Crippen molar-refractivity contribution in [2.24, 2.45) is 0 Å². The Balaban J connectivity index is 1.78. The summed E-state index contributed by atoms with van der Waals surface area (Å²) in [5.74, 6) is 0.831. The van der Waals surface area contributed by atoms with Crippen molar-refractivity contribution >= 4 is 28.5 Å². The molecule has 2 fully saturated rings. The molecule has 8 heteroatoms. The van der Waals surface area contributed by atoms with Gasteiger partial charge in [0.15, 0.2) is 11.9 Å². The summed E-state index contributed by atoms with van der Waals surface area (Å²) in [6.07, 6.45) is 4.94. The Bertz CT molecular complexity index is 700. The highest BCUT2D eigenvalue weighted by atomic mass is 35.5. The molecule has 4 rings (SSSR count). The molecule has 0 radical (unpaired) electrons. The number of morpholine rings is 1. The Morgan fingerprint density at radius 2 is 2.17 bits per heavy atom. The van der Waals surface area contributed by atoms with Crippen molar-refractivity contribution in [3.8, 4) is 0 Å². The molecule has 0 N–H and O–H groups in total. The minimum absolute atomic E-state index is 0.0674. The van der Waals surface area contributed by atoms with E-state index in [9.17, 15) is 0 Å². The third-order valence-corrected chi connectivity index (χ3v) is 4.64. The molecule has 2 aromatic heterocycles. The zero-order valence-corrected chi connectivity index (χ0v) is 13.9. The number of hydrogen-bond acceptors (Lipinski definition) is 6. The summed E-state index contributed by atoms with van der Waals surface area (Å²) in [6, 6.07) is 0.243. The van der Waals surface area contributed by atoms with Crippen LogP contribution in [-0.4, -0.2) is 52.2 Å². The summed E-state index contributed by atoms with van der Waals surface area (Å²) >= 11 is 6.20. The molecule has 0 spiro atoms. The van der Waals surface area contributed by atoms with E-state index in [-0.39, 0.29) is 17.6 Å². The average molecular weight is 338 g/mol. The lowest BCUT2D eigenvalue weighted by Gasteiger charge is -2.34. The predicted molar refractivity (Wildman–Crippen MR) is 86.8 cm³/mol. The lowest BCUT2D eigenvalue weighted by Crippen LogP contribution is -2.44. The standard InChI is InChI=1S/C15H20ClN5O2/c1-10-9-22-7-5-20(10)13-11-8-17-21(12-4-2-3-6-23-12)14(11)19-15(16)18-13/h8,10,12H,2-7,9H2,1H3/t10-,12?/m1/s1. The van der Waals surface area contributed by atoms with Crippen LogP contribution >= 0.6 is 11.6 Å².